The first-order valence-electron chi connectivity index (χ1n) is 1.51. The monoisotopic (exact) mass is 139 g/mol. The molecule has 0 radical (unpaired) electrons. The molecule has 0 amide bonds. The van der Waals surface area contributed by atoms with Crippen LogP contribution in [0.15, 0.2) is 0 Å². The minimum Gasteiger partial charge on any atom is -0.289 e. The maximum absolute atomic E-state index is 9.72. The molecule has 0 saturated heterocycles. The molecule has 0 aromatic heterocycles. The van der Waals surface area contributed by atoms with E-state index in [1.807, 2.05) is 0 Å². The lowest BCUT2D eigenvalue weighted by Crippen LogP contribution is -2.19. The number of hydrogen-bond donors (Lipinski definition) is 2. The molecule has 5 heteroatoms. The molecule has 0 aliphatic rings. The summed E-state index contributed by atoms with van der Waals surface area (Å²) in [6, 6.07) is 0. The van der Waals surface area contributed by atoms with Crippen LogP contribution in [0.5, 0.6) is 0 Å². The Balaban J connectivity index is 3.32. The van der Waals surface area contributed by atoms with Gasteiger partial charge in [-0.2, -0.15) is 0 Å². The van der Waals surface area contributed by atoms with Crippen LogP contribution in [-0.4, -0.2) is 13.8 Å². The Morgan fingerprint density at radius 2 is 2.43 bits per heavy atom. The summed E-state index contributed by atoms with van der Waals surface area (Å²) in [7, 11) is 0. The Morgan fingerprint density at radius 1 is 2.00 bits per heavy atom. The van der Waals surface area contributed by atoms with Gasteiger partial charge < -0.3 is 0 Å². The van der Waals surface area contributed by atoms with Crippen molar-refractivity contribution in [1.29, 1.82) is 0 Å². The molecule has 0 aliphatic heterocycles. The molecule has 0 bridgehead atoms. The highest BCUT2D eigenvalue weighted by atomic mass is 32.2. The third kappa shape index (κ3) is 6.00. The molecule has 0 saturated carbocycles. The van der Waals surface area contributed by atoms with E-state index in [1.165, 1.54) is 6.92 Å². The van der Waals surface area contributed by atoms with Crippen LogP contribution in [0.25, 0.3) is 0 Å². The molecule has 1 unspecified atom stereocenters. The Kier molecular flexibility index (Phi) is 3.06. The van der Waals surface area contributed by atoms with Gasteiger partial charge in [0.1, 0.15) is 0 Å². The van der Waals surface area contributed by atoms with Crippen molar-refractivity contribution in [3.63, 3.8) is 0 Å². The lowest BCUT2D eigenvalue weighted by Gasteiger charge is -1.91. The van der Waals surface area contributed by atoms with Gasteiger partial charge in [-0.3, -0.25) is 9.27 Å². The van der Waals surface area contributed by atoms with Crippen LogP contribution in [0.3, 0.4) is 0 Å². The van der Waals surface area contributed by atoms with Crippen LogP contribution in [0, 0.1) is 0 Å². The van der Waals surface area contributed by atoms with E-state index in [2.05, 4.69) is 16.9 Å². The molecular formula is C2H5NO2S2. The van der Waals surface area contributed by atoms with Gasteiger partial charge in [0, 0.05) is 0 Å². The lowest BCUT2D eigenvalue weighted by atomic mass is 10.8. The summed E-state index contributed by atoms with van der Waals surface area (Å²) < 4.78 is 19.8. The van der Waals surface area contributed by atoms with Gasteiger partial charge >= 0.3 is 0 Å². The molecule has 0 heterocycles. The topological polar surface area (TPSA) is 49.3 Å². The Bertz CT molecular complexity index is 89.9. The van der Waals surface area contributed by atoms with Crippen LogP contribution >= 0.6 is 12.2 Å². The van der Waals surface area contributed by atoms with E-state index in [0.29, 0.717) is 4.99 Å². The average molecular weight is 139 g/mol. The highest BCUT2D eigenvalue weighted by Crippen LogP contribution is 1.67. The van der Waals surface area contributed by atoms with Crippen LogP contribution in [0.4, 0.5) is 0 Å². The number of nitrogens with one attached hydrogen (secondary N) is 1. The molecule has 0 aromatic carbocycles. The summed E-state index contributed by atoms with van der Waals surface area (Å²) >= 11 is 2.42. The highest BCUT2D eigenvalue weighted by molar-refractivity contribution is 7.84. The first kappa shape index (κ1) is 7.00. The molecule has 7 heavy (non-hydrogen) atoms. The normalized spacial score (nSPS) is 12.9. The molecule has 42 valence electrons. The fraction of sp³-hybridized carbons (Fsp3) is 0.500. The van der Waals surface area contributed by atoms with Crippen molar-refractivity contribution < 1.29 is 8.76 Å². The predicted octanol–water partition coefficient (Wildman–Crippen LogP) is 0.0600. The molecule has 3 nitrogen and oxygen atoms in total. The van der Waals surface area contributed by atoms with Gasteiger partial charge in [-0.05, 0) is 6.92 Å². The maximum Gasteiger partial charge on any atom is 0.259 e. The summed E-state index contributed by atoms with van der Waals surface area (Å²) in [5.74, 6) is 0. The highest BCUT2D eigenvalue weighted by Gasteiger charge is 1.86. The molecule has 0 aromatic rings. The van der Waals surface area contributed by atoms with E-state index in [4.69, 9.17) is 4.55 Å². The van der Waals surface area contributed by atoms with Crippen molar-refractivity contribution in [3.05, 3.63) is 0 Å². The quantitative estimate of drug-likeness (QED) is 0.399. The molecular weight excluding hydrogens is 134 g/mol. The van der Waals surface area contributed by atoms with E-state index in [9.17, 15) is 4.21 Å². The number of hydrogen-bond acceptors (Lipinski definition) is 2. The van der Waals surface area contributed by atoms with Gasteiger partial charge in [0.2, 0.25) is 0 Å². The van der Waals surface area contributed by atoms with Crippen molar-refractivity contribution in [2.75, 3.05) is 0 Å². The van der Waals surface area contributed by atoms with Gasteiger partial charge in [-0.1, -0.05) is 12.2 Å². The summed E-state index contributed by atoms with van der Waals surface area (Å²) in [5.41, 5.74) is 0. The smallest absolute Gasteiger partial charge is 0.259 e. The van der Waals surface area contributed by atoms with E-state index in [1.54, 1.807) is 0 Å². The second-order valence-corrected chi connectivity index (χ2v) is 2.22. The fourth-order valence-corrected chi connectivity index (χ4v) is 0.583. The zero-order valence-corrected chi connectivity index (χ0v) is 5.30. The summed E-state index contributed by atoms with van der Waals surface area (Å²) in [5, 5.41) is 0. The van der Waals surface area contributed by atoms with Crippen LogP contribution in [0.2, 0.25) is 0 Å². The second-order valence-electron chi connectivity index (χ2n) is 0.907. The Labute approximate surface area is 49.5 Å². The van der Waals surface area contributed by atoms with Crippen LogP contribution in [0.1, 0.15) is 6.92 Å². The first-order valence-corrected chi connectivity index (χ1v) is 3.02. The summed E-state index contributed by atoms with van der Waals surface area (Å²) in [6.07, 6.45) is 0. The second kappa shape index (κ2) is 3.06. The van der Waals surface area contributed by atoms with Crippen molar-refractivity contribution in [2.24, 2.45) is 0 Å². The van der Waals surface area contributed by atoms with E-state index >= 15 is 0 Å². The van der Waals surface area contributed by atoms with Gasteiger partial charge in [0.25, 0.3) is 11.3 Å². The minimum atomic E-state index is -1.99. The molecule has 0 spiro atoms. The van der Waals surface area contributed by atoms with E-state index in [-0.39, 0.29) is 0 Å². The first-order chi connectivity index (χ1) is 3.13. The third-order valence-corrected chi connectivity index (χ3v) is 0.943. The van der Waals surface area contributed by atoms with Gasteiger partial charge in [0.15, 0.2) is 0 Å². The van der Waals surface area contributed by atoms with Gasteiger partial charge in [0.05, 0.1) is 4.99 Å². The van der Waals surface area contributed by atoms with Crippen LogP contribution in [-0.2, 0) is 11.3 Å². The Hall–Kier alpha value is -0.0000000000000000486. The van der Waals surface area contributed by atoms with Crippen molar-refractivity contribution in [2.45, 2.75) is 6.92 Å². The van der Waals surface area contributed by atoms with Crippen molar-refractivity contribution in [3.8, 4) is 0 Å². The van der Waals surface area contributed by atoms with Crippen LogP contribution < -0.4 is 4.72 Å². The van der Waals surface area contributed by atoms with Gasteiger partial charge in [-0.25, -0.2) is 4.21 Å². The maximum atomic E-state index is 9.72. The average Bonchev–Trinajstić information content (AvgIpc) is 1.27. The van der Waals surface area contributed by atoms with E-state index < -0.39 is 11.3 Å². The number of thiocarbonyl (C=S) groups is 1. The predicted molar refractivity (Wildman–Crippen MR) is 32.2 cm³/mol. The molecule has 2 N–H and O–H groups in total. The molecule has 0 aliphatic carbocycles. The number of rotatable bonds is 1. The van der Waals surface area contributed by atoms with Crippen molar-refractivity contribution >= 4 is 28.5 Å². The largest absolute Gasteiger partial charge is 0.289 e. The zero-order chi connectivity index (χ0) is 5.86. The zero-order valence-electron chi connectivity index (χ0n) is 3.67. The molecule has 0 fully saturated rings. The summed E-state index contributed by atoms with van der Waals surface area (Å²) in [6.45, 7) is 1.53. The van der Waals surface area contributed by atoms with E-state index in [0.717, 1.165) is 0 Å². The minimum absolute atomic E-state index is 0.320. The summed E-state index contributed by atoms with van der Waals surface area (Å²) in [4.78, 5) is 0.320. The fourth-order valence-electron chi connectivity index (χ4n) is 0.123. The van der Waals surface area contributed by atoms with Crippen molar-refractivity contribution in [1.82, 2.24) is 4.72 Å². The van der Waals surface area contributed by atoms with Gasteiger partial charge in [-0.15, -0.1) is 0 Å². The molecule has 0 rings (SSSR count). The standard InChI is InChI=1S/C2H5NO2S2/c1-2(6)3-7(4)5/h1H3,(H,3,6)(H,4,5). The Morgan fingerprint density at radius 3 is 2.43 bits per heavy atom. The molecule has 1 atom stereocenters. The third-order valence-electron chi connectivity index (χ3n) is 0.231. The SMILES string of the molecule is CC(=S)NS(=O)O. The lowest BCUT2D eigenvalue weighted by molar-refractivity contribution is 0.560.